The molecular formula is C14H11ClFNS2. The lowest BCUT2D eigenvalue weighted by Gasteiger charge is -2.16. The van der Waals surface area contributed by atoms with Crippen molar-refractivity contribution in [2.75, 3.05) is 7.05 Å². The van der Waals surface area contributed by atoms with Gasteiger partial charge in [-0.1, -0.05) is 11.6 Å². The van der Waals surface area contributed by atoms with Gasteiger partial charge in [0.1, 0.15) is 5.82 Å². The standard InChI is InChI=1S/C14H11ClFNS2/c1-17-14(9-6-8(16)2-3-10(9)15)13-7-12-11(19-13)4-5-18-12/h2-7,14,17H,1H3. The van der Waals surface area contributed by atoms with Crippen LogP contribution in [0, 0.1) is 5.82 Å². The molecule has 1 nitrogen and oxygen atoms in total. The molecule has 0 amide bonds. The van der Waals surface area contributed by atoms with Gasteiger partial charge in [0.25, 0.3) is 0 Å². The zero-order valence-corrected chi connectivity index (χ0v) is 12.5. The Bertz CT molecular complexity index is 691. The van der Waals surface area contributed by atoms with Crippen LogP contribution >= 0.6 is 34.3 Å². The fourth-order valence-electron chi connectivity index (χ4n) is 2.11. The average Bonchev–Trinajstić information content (AvgIpc) is 2.95. The minimum absolute atomic E-state index is 0.0761. The zero-order valence-electron chi connectivity index (χ0n) is 10.1. The number of rotatable bonds is 3. The largest absolute Gasteiger partial charge is 0.309 e. The van der Waals surface area contributed by atoms with E-state index in [1.165, 1.54) is 21.5 Å². The smallest absolute Gasteiger partial charge is 0.123 e. The Morgan fingerprint density at radius 2 is 2.05 bits per heavy atom. The molecule has 2 aromatic heterocycles. The van der Waals surface area contributed by atoms with Crippen LogP contribution in [-0.4, -0.2) is 7.05 Å². The van der Waals surface area contributed by atoms with E-state index in [0.717, 1.165) is 10.4 Å². The maximum atomic E-state index is 13.4. The molecule has 1 atom stereocenters. The Morgan fingerprint density at radius 3 is 2.79 bits per heavy atom. The van der Waals surface area contributed by atoms with Gasteiger partial charge in [-0.05, 0) is 48.3 Å². The summed E-state index contributed by atoms with van der Waals surface area (Å²) in [6, 6.07) is 8.66. The van der Waals surface area contributed by atoms with Crippen molar-refractivity contribution in [3.8, 4) is 0 Å². The Kier molecular flexibility index (Phi) is 3.58. The Balaban J connectivity index is 2.09. The van der Waals surface area contributed by atoms with Gasteiger partial charge in [0.15, 0.2) is 0 Å². The SMILES string of the molecule is CNC(c1cc2sccc2s1)c1cc(F)ccc1Cl. The summed E-state index contributed by atoms with van der Waals surface area (Å²) < 4.78 is 15.9. The van der Waals surface area contributed by atoms with Gasteiger partial charge in [0.05, 0.1) is 6.04 Å². The normalized spacial score (nSPS) is 13.0. The van der Waals surface area contributed by atoms with Crippen molar-refractivity contribution in [3.05, 3.63) is 57.0 Å². The number of nitrogens with one attached hydrogen (secondary N) is 1. The van der Waals surface area contributed by atoms with Gasteiger partial charge < -0.3 is 5.32 Å². The monoisotopic (exact) mass is 311 g/mol. The summed E-state index contributed by atoms with van der Waals surface area (Å²) >= 11 is 9.62. The number of hydrogen-bond donors (Lipinski definition) is 1. The first kappa shape index (κ1) is 13.1. The van der Waals surface area contributed by atoms with Crippen molar-refractivity contribution < 1.29 is 4.39 Å². The number of halogens is 2. The molecule has 3 rings (SSSR count). The topological polar surface area (TPSA) is 12.0 Å². The van der Waals surface area contributed by atoms with E-state index in [0.29, 0.717) is 5.02 Å². The quantitative estimate of drug-likeness (QED) is 0.712. The summed E-state index contributed by atoms with van der Waals surface area (Å²) in [7, 11) is 1.86. The summed E-state index contributed by atoms with van der Waals surface area (Å²) in [5.74, 6) is -0.266. The third-order valence-electron chi connectivity index (χ3n) is 3.00. The molecule has 0 spiro atoms. The molecule has 0 saturated heterocycles. The molecule has 1 unspecified atom stereocenters. The van der Waals surface area contributed by atoms with Crippen molar-refractivity contribution in [2.24, 2.45) is 0 Å². The van der Waals surface area contributed by atoms with Gasteiger partial charge in [0.2, 0.25) is 0 Å². The molecule has 0 fully saturated rings. The maximum absolute atomic E-state index is 13.4. The highest BCUT2D eigenvalue weighted by molar-refractivity contribution is 7.27. The fraction of sp³-hybridized carbons (Fsp3) is 0.143. The predicted molar refractivity (Wildman–Crippen MR) is 82.0 cm³/mol. The molecular weight excluding hydrogens is 301 g/mol. The zero-order chi connectivity index (χ0) is 13.4. The molecule has 3 aromatic rings. The van der Waals surface area contributed by atoms with Gasteiger partial charge in [-0.15, -0.1) is 22.7 Å². The highest BCUT2D eigenvalue weighted by Crippen LogP contribution is 2.37. The van der Waals surface area contributed by atoms with E-state index < -0.39 is 0 Å². The second-order valence-corrected chi connectivity index (χ2v) is 6.66. The number of thiophene rings is 2. The van der Waals surface area contributed by atoms with Crippen LogP contribution in [0.4, 0.5) is 4.39 Å². The van der Waals surface area contributed by atoms with Crippen molar-refractivity contribution in [1.29, 1.82) is 0 Å². The Morgan fingerprint density at radius 1 is 1.21 bits per heavy atom. The van der Waals surface area contributed by atoms with Crippen LogP contribution in [0.1, 0.15) is 16.5 Å². The molecule has 0 aliphatic rings. The first-order valence-electron chi connectivity index (χ1n) is 5.78. The number of fused-ring (bicyclic) bond motifs is 1. The van der Waals surface area contributed by atoms with Crippen LogP contribution in [0.15, 0.2) is 35.7 Å². The summed E-state index contributed by atoms with van der Waals surface area (Å²) in [6.45, 7) is 0. The molecule has 1 N–H and O–H groups in total. The van der Waals surface area contributed by atoms with Crippen molar-refractivity contribution in [3.63, 3.8) is 0 Å². The number of hydrogen-bond acceptors (Lipinski definition) is 3. The molecule has 5 heteroatoms. The first-order valence-corrected chi connectivity index (χ1v) is 7.85. The lowest BCUT2D eigenvalue weighted by Crippen LogP contribution is -2.17. The lowest BCUT2D eigenvalue weighted by atomic mass is 10.1. The van der Waals surface area contributed by atoms with Gasteiger partial charge in [-0.2, -0.15) is 0 Å². The van der Waals surface area contributed by atoms with Gasteiger partial charge in [0, 0.05) is 19.3 Å². The fourth-order valence-corrected chi connectivity index (χ4v) is 4.59. The molecule has 2 heterocycles. The highest BCUT2D eigenvalue weighted by Gasteiger charge is 2.18. The van der Waals surface area contributed by atoms with Crippen LogP contribution in [0.25, 0.3) is 9.40 Å². The third-order valence-corrected chi connectivity index (χ3v) is 5.50. The van der Waals surface area contributed by atoms with E-state index in [1.54, 1.807) is 28.7 Å². The first-order chi connectivity index (χ1) is 9.19. The molecule has 0 aliphatic carbocycles. The summed E-state index contributed by atoms with van der Waals surface area (Å²) in [4.78, 5) is 1.15. The predicted octanol–water partition coefficient (Wildman–Crippen LogP) is 5.06. The van der Waals surface area contributed by atoms with E-state index >= 15 is 0 Å². The molecule has 0 aliphatic heterocycles. The molecule has 1 aromatic carbocycles. The molecule has 98 valence electrons. The molecule has 0 bridgehead atoms. The van der Waals surface area contributed by atoms with Crippen molar-refractivity contribution in [2.45, 2.75) is 6.04 Å². The van der Waals surface area contributed by atoms with Gasteiger partial charge in [-0.3, -0.25) is 0 Å². The highest BCUT2D eigenvalue weighted by atomic mass is 35.5. The van der Waals surface area contributed by atoms with Crippen molar-refractivity contribution in [1.82, 2.24) is 5.32 Å². The Labute approximate surface area is 123 Å². The van der Waals surface area contributed by atoms with Gasteiger partial charge in [-0.25, -0.2) is 4.39 Å². The second kappa shape index (κ2) is 5.21. The molecule has 0 radical (unpaired) electrons. The summed E-state index contributed by atoms with van der Waals surface area (Å²) in [5, 5.41) is 5.88. The van der Waals surface area contributed by atoms with Gasteiger partial charge >= 0.3 is 0 Å². The van der Waals surface area contributed by atoms with E-state index in [1.807, 2.05) is 7.05 Å². The van der Waals surface area contributed by atoms with E-state index in [2.05, 4.69) is 22.8 Å². The van der Waals surface area contributed by atoms with Crippen LogP contribution < -0.4 is 5.32 Å². The van der Waals surface area contributed by atoms with E-state index in [9.17, 15) is 4.39 Å². The average molecular weight is 312 g/mol. The summed E-state index contributed by atoms with van der Waals surface area (Å²) in [5.41, 5.74) is 0.776. The van der Waals surface area contributed by atoms with E-state index in [-0.39, 0.29) is 11.9 Å². The van der Waals surface area contributed by atoms with Crippen LogP contribution in [0.5, 0.6) is 0 Å². The third kappa shape index (κ3) is 2.41. The minimum atomic E-state index is -0.266. The van der Waals surface area contributed by atoms with Crippen LogP contribution in [-0.2, 0) is 0 Å². The second-order valence-electron chi connectivity index (χ2n) is 4.19. The van der Waals surface area contributed by atoms with Crippen LogP contribution in [0.2, 0.25) is 5.02 Å². The maximum Gasteiger partial charge on any atom is 0.123 e. The Hall–Kier alpha value is -0.940. The number of benzene rings is 1. The van der Waals surface area contributed by atoms with Crippen molar-refractivity contribution >= 4 is 43.7 Å². The minimum Gasteiger partial charge on any atom is -0.309 e. The molecule has 19 heavy (non-hydrogen) atoms. The molecule has 0 saturated carbocycles. The van der Waals surface area contributed by atoms with E-state index in [4.69, 9.17) is 11.6 Å². The lowest BCUT2D eigenvalue weighted by molar-refractivity contribution is 0.618. The summed E-state index contributed by atoms with van der Waals surface area (Å²) in [6.07, 6.45) is 0. The van der Waals surface area contributed by atoms with Crippen LogP contribution in [0.3, 0.4) is 0 Å².